The molecule has 17 heavy (non-hydrogen) atoms. The third-order valence-electron chi connectivity index (χ3n) is 2.35. The number of nitro groups is 1. The molecule has 0 aliphatic carbocycles. The van der Waals surface area contributed by atoms with Gasteiger partial charge in [0.2, 0.25) is 0 Å². The van der Waals surface area contributed by atoms with Crippen molar-refractivity contribution >= 4 is 18.3 Å². The summed E-state index contributed by atoms with van der Waals surface area (Å²) in [7, 11) is 0. The van der Waals surface area contributed by atoms with Crippen molar-refractivity contribution in [2.24, 2.45) is 0 Å². The molecular weight excluding hydrogens is 238 g/mol. The van der Waals surface area contributed by atoms with Gasteiger partial charge in [-0.1, -0.05) is 6.58 Å². The highest BCUT2D eigenvalue weighted by Gasteiger charge is 2.13. The van der Waals surface area contributed by atoms with Gasteiger partial charge in [0.25, 0.3) is 5.69 Å². The van der Waals surface area contributed by atoms with Gasteiger partial charge in [-0.05, 0) is 31.1 Å². The average molecular weight is 253 g/mol. The average Bonchev–Trinajstić information content (AvgIpc) is 2.28. The van der Waals surface area contributed by atoms with E-state index >= 15 is 0 Å². The first kappa shape index (κ1) is 13.6. The van der Waals surface area contributed by atoms with Gasteiger partial charge in [-0.2, -0.15) is 12.6 Å². The van der Waals surface area contributed by atoms with Gasteiger partial charge in [0.05, 0.1) is 4.92 Å². The third-order valence-corrected chi connectivity index (χ3v) is 2.79. The minimum atomic E-state index is -0.390. The molecule has 0 amide bonds. The van der Waals surface area contributed by atoms with Gasteiger partial charge in [0.15, 0.2) is 0 Å². The second-order valence-electron chi connectivity index (χ2n) is 3.86. The highest BCUT2D eigenvalue weighted by atomic mass is 32.1. The van der Waals surface area contributed by atoms with Gasteiger partial charge in [-0.15, -0.1) is 0 Å². The molecule has 0 aliphatic heterocycles. The zero-order valence-corrected chi connectivity index (χ0v) is 10.8. The summed E-state index contributed by atoms with van der Waals surface area (Å²) in [5, 5.41) is 10.7. The molecular formula is C12H15NO3S. The van der Waals surface area contributed by atoms with Crippen LogP contribution >= 0.6 is 12.6 Å². The molecule has 0 saturated heterocycles. The van der Waals surface area contributed by atoms with Gasteiger partial charge >= 0.3 is 0 Å². The Bertz CT molecular complexity index is 457. The molecule has 92 valence electrons. The molecule has 1 aromatic rings. The zero-order valence-electron chi connectivity index (χ0n) is 9.90. The van der Waals surface area contributed by atoms with Crippen LogP contribution in [-0.2, 0) is 0 Å². The largest absolute Gasteiger partial charge is 0.489 e. The van der Waals surface area contributed by atoms with Crippen LogP contribution in [0.15, 0.2) is 24.3 Å². The number of aryl methyl sites for hydroxylation is 2. The van der Waals surface area contributed by atoms with E-state index in [4.69, 9.17) is 4.74 Å². The zero-order chi connectivity index (χ0) is 13.0. The monoisotopic (exact) mass is 253 g/mol. The molecule has 0 bridgehead atoms. The van der Waals surface area contributed by atoms with E-state index in [1.165, 1.54) is 6.07 Å². The fraction of sp³-hybridized carbons (Fsp3) is 0.333. The van der Waals surface area contributed by atoms with Crippen molar-refractivity contribution in [2.45, 2.75) is 13.8 Å². The Kier molecular flexibility index (Phi) is 4.57. The Morgan fingerprint density at radius 1 is 1.47 bits per heavy atom. The summed E-state index contributed by atoms with van der Waals surface area (Å²) in [4.78, 5) is 10.3. The molecule has 0 atom stereocenters. The molecule has 0 fully saturated rings. The van der Waals surface area contributed by atoms with Gasteiger partial charge < -0.3 is 4.74 Å². The maximum absolute atomic E-state index is 10.7. The summed E-state index contributed by atoms with van der Waals surface area (Å²) in [5.74, 6) is 1.21. The number of thiol groups is 1. The van der Waals surface area contributed by atoms with Crippen LogP contribution in [0.5, 0.6) is 5.75 Å². The van der Waals surface area contributed by atoms with E-state index in [-0.39, 0.29) is 5.69 Å². The topological polar surface area (TPSA) is 52.4 Å². The summed E-state index contributed by atoms with van der Waals surface area (Å²) in [6.45, 7) is 7.63. The van der Waals surface area contributed by atoms with E-state index in [1.807, 2.05) is 0 Å². The highest BCUT2D eigenvalue weighted by molar-refractivity contribution is 7.80. The minimum absolute atomic E-state index is 0.114. The van der Waals surface area contributed by atoms with Crippen LogP contribution in [-0.4, -0.2) is 17.3 Å². The van der Waals surface area contributed by atoms with Crippen LogP contribution in [0.25, 0.3) is 0 Å². The molecule has 0 unspecified atom stereocenters. The first-order valence-corrected chi connectivity index (χ1v) is 5.75. The van der Waals surface area contributed by atoms with E-state index in [9.17, 15) is 10.1 Å². The smallest absolute Gasteiger partial charge is 0.272 e. The quantitative estimate of drug-likeness (QED) is 0.380. The van der Waals surface area contributed by atoms with Crippen LogP contribution in [0.2, 0.25) is 0 Å². The minimum Gasteiger partial charge on any atom is -0.489 e. The van der Waals surface area contributed by atoms with E-state index in [0.717, 1.165) is 11.1 Å². The van der Waals surface area contributed by atoms with E-state index < -0.39 is 4.92 Å². The summed E-state index contributed by atoms with van der Waals surface area (Å²) in [6, 6.07) is 3.20. The molecule has 0 N–H and O–H groups in total. The van der Waals surface area contributed by atoms with Crippen molar-refractivity contribution in [3.63, 3.8) is 0 Å². The molecule has 0 spiro atoms. The van der Waals surface area contributed by atoms with Crippen LogP contribution in [0.1, 0.15) is 11.1 Å². The number of ether oxygens (including phenoxy) is 1. The lowest BCUT2D eigenvalue weighted by molar-refractivity contribution is -0.385. The molecule has 0 saturated carbocycles. The standard InChI is InChI=1S/C12H15NO3S/c1-8(7-17)6-16-12-5-9(2)11(13(14)15)4-10(12)3/h4-5,17H,1,6-7H2,2-3H3. The Labute approximate surface area is 106 Å². The number of benzene rings is 1. The number of hydrogen-bond acceptors (Lipinski definition) is 4. The van der Waals surface area contributed by atoms with Gasteiger partial charge in [0, 0.05) is 17.4 Å². The van der Waals surface area contributed by atoms with Crippen LogP contribution in [0, 0.1) is 24.0 Å². The molecule has 5 heteroatoms. The fourth-order valence-corrected chi connectivity index (χ4v) is 1.44. The van der Waals surface area contributed by atoms with E-state index in [1.54, 1.807) is 19.9 Å². The number of nitro benzene ring substituents is 1. The van der Waals surface area contributed by atoms with Crippen molar-refractivity contribution in [3.05, 3.63) is 45.5 Å². The Morgan fingerprint density at radius 3 is 2.65 bits per heavy atom. The van der Waals surface area contributed by atoms with Crippen molar-refractivity contribution in [1.82, 2.24) is 0 Å². The fourth-order valence-electron chi connectivity index (χ4n) is 1.35. The SMILES string of the molecule is C=C(CS)COc1cc(C)c([N+](=O)[O-])cc1C. The molecule has 0 aromatic heterocycles. The number of hydrogen-bond donors (Lipinski definition) is 1. The second-order valence-corrected chi connectivity index (χ2v) is 4.17. The molecule has 1 rings (SSSR count). The first-order valence-electron chi connectivity index (χ1n) is 5.11. The number of rotatable bonds is 5. The summed E-state index contributed by atoms with van der Waals surface area (Å²) < 4.78 is 5.53. The Balaban J connectivity index is 2.92. The Hall–Kier alpha value is -1.49. The predicted molar refractivity (Wildman–Crippen MR) is 71.1 cm³/mol. The van der Waals surface area contributed by atoms with Crippen molar-refractivity contribution < 1.29 is 9.66 Å². The van der Waals surface area contributed by atoms with Crippen LogP contribution < -0.4 is 4.74 Å². The third kappa shape index (κ3) is 3.49. The Morgan fingerprint density at radius 2 is 2.12 bits per heavy atom. The van der Waals surface area contributed by atoms with Gasteiger partial charge in [0.1, 0.15) is 12.4 Å². The molecule has 0 heterocycles. The van der Waals surface area contributed by atoms with Crippen molar-refractivity contribution in [2.75, 3.05) is 12.4 Å². The van der Waals surface area contributed by atoms with E-state index in [2.05, 4.69) is 19.2 Å². The predicted octanol–water partition coefficient (Wildman–Crippen LogP) is 3.08. The molecule has 0 radical (unpaired) electrons. The van der Waals surface area contributed by atoms with Crippen LogP contribution in [0.4, 0.5) is 5.69 Å². The van der Waals surface area contributed by atoms with Gasteiger partial charge in [-0.3, -0.25) is 10.1 Å². The summed E-state index contributed by atoms with van der Waals surface area (Å²) >= 11 is 4.08. The number of nitrogens with zero attached hydrogens (tertiary/aromatic N) is 1. The van der Waals surface area contributed by atoms with Crippen LogP contribution in [0.3, 0.4) is 0 Å². The first-order chi connectivity index (χ1) is 7.95. The molecule has 1 aromatic carbocycles. The summed E-state index contributed by atoms with van der Waals surface area (Å²) in [6.07, 6.45) is 0. The van der Waals surface area contributed by atoms with E-state index in [0.29, 0.717) is 23.7 Å². The van der Waals surface area contributed by atoms with Crippen molar-refractivity contribution in [1.29, 1.82) is 0 Å². The molecule has 4 nitrogen and oxygen atoms in total. The molecule has 0 aliphatic rings. The highest BCUT2D eigenvalue weighted by Crippen LogP contribution is 2.27. The normalized spacial score (nSPS) is 10.1. The lowest BCUT2D eigenvalue weighted by atomic mass is 10.1. The maximum Gasteiger partial charge on any atom is 0.272 e. The second kappa shape index (κ2) is 5.72. The van der Waals surface area contributed by atoms with Crippen molar-refractivity contribution in [3.8, 4) is 5.75 Å². The lowest BCUT2D eigenvalue weighted by Crippen LogP contribution is -2.03. The maximum atomic E-state index is 10.7. The lowest BCUT2D eigenvalue weighted by Gasteiger charge is -2.10. The summed E-state index contributed by atoms with van der Waals surface area (Å²) in [5.41, 5.74) is 2.31. The van der Waals surface area contributed by atoms with Gasteiger partial charge in [-0.25, -0.2) is 0 Å².